The molecule has 2 aromatic carbocycles. The number of amides is 2. The molecule has 0 spiro atoms. The van der Waals surface area contributed by atoms with E-state index in [0.29, 0.717) is 17.7 Å². The van der Waals surface area contributed by atoms with E-state index in [2.05, 4.69) is 15.9 Å². The molecule has 0 N–H and O–H groups in total. The van der Waals surface area contributed by atoms with Crippen molar-refractivity contribution in [3.05, 3.63) is 45.9 Å². The van der Waals surface area contributed by atoms with Gasteiger partial charge in [-0.3, -0.25) is 14.5 Å². The summed E-state index contributed by atoms with van der Waals surface area (Å²) >= 11 is 5.20. The standard InChI is InChI=1S/C16H14BrNO2S/c1-21-9-3-8-18-15(19)11-5-2-4-10-13(17)7-6-12(14(10)11)16(18)20/h2,4-7H,3,8-9H2,1H3. The quantitative estimate of drug-likeness (QED) is 0.609. The SMILES string of the molecule is CSCCCN1C(=O)c2cccc3c(Br)ccc(c23)C1=O. The smallest absolute Gasteiger partial charge is 0.261 e. The first-order valence-corrected chi connectivity index (χ1v) is 8.90. The van der Waals surface area contributed by atoms with Gasteiger partial charge in [-0.05, 0) is 42.0 Å². The molecule has 0 saturated carbocycles. The summed E-state index contributed by atoms with van der Waals surface area (Å²) < 4.78 is 0.902. The lowest BCUT2D eigenvalue weighted by Gasteiger charge is -2.27. The van der Waals surface area contributed by atoms with Crippen molar-refractivity contribution in [2.45, 2.75) is 6.42 Å². The van der Waals surface area contributed by atoms with Gasteiger partial charge in [0.2, 0.25) is 0 Å². The van der Waals surface area contributed by atoms with Crippen LogP contribution in [0.1, 0.15) is 27.1 Å². The van der Waals surface area contributed by atoms with E-state index in [4.69, 9.17) is 0 Å². The number of thioether (sulfide) groups is 1. The minimum Gasteiger partial charge on any atom is -0.274 e. The number of benzene rings is 2. The maximum Gasteiger partial charge on any atom is 0.261 e. The molecule has 0 aromatic heterocycles. The Balaban J connectivity index is 2.11. The van der Waals surface area contributed by atoms with Crippen LogP contribution in [0.4, 0.5) is 0 Å². The van der Waals surface area contributed by atoms with Gasteiger partial charge in [0.1, 0.15) is 0 Å². The summed E-state index contributed by atoms with van der Waals surface area (Å²) in [5, 5.41) is 1.68. The summed E-state index contributed by atoms with van der Waals surface area (Å²) in [7, 11) is 0. The molecule has 0 radical (unpaired) electrons. The maximum atomic E-state index is 12.6. The monoisotopic (exact) mass is 363 g/mol. The zero-order valence-electron chi connectivity index (χ0n) is 11.6. The van der Waals surface area contributed by atoms with Crippen molar-refractivity contribution in [1.29, 1.82) is 0 Å². The first kappa shape index (κ1) is 14.6. The minimum absolute atomic E-state index is 0.183. The highest BCUT2D eigenvalue weighted by atomic mass is 79.9. The molecule has 2 aromatic rings. The lowest BCUT2D eigenvalue weighted by molar-refractivity contribution is 0.0611. The molecule has 3 rings (SSSR count). The Labute approximate surface area is 135 Å². The number of imide groups is 1. The molecule has 21 heavy (non-hydrogen) atoms. The molecule has 108 valence electrons. The van der Waals surface area contributed by atoms with Crippen molar-refractivity contribution in [3.63, 3.8) is 0 Å². The number of rotatable bonds is 4. The zero-order chi connectivity index (χ0) is 15.0. The first-order chi connectivity index (χ1) is 10.1. The van der Waals surface area contributed by atoms with Crippen LogP contribution in [-0.4, -0.2) is 35.3 Å². The second-order valence-electron chi connectivity index (χ2n) is 4.93. The van der Waals surface area contributed by atoms with E-state index in [1.54, 1.807) is 23.9 Å². The van der Waals surface area contributed by atoms with Crippen molar-refractivity contribution in [2.75, 3.05) is 18.6 Å². The highest BCUT2D eigenvalue weighted by Gasteiger charge is 2.32. The van der Waals surface area contributed by atoms with Crippen LogP contribution in [0.5, 0.6) is 0 Å². The molecule has 0 saturated heterocycles. The lowest BCUT2D eigenvalue weighted by Crippen LogP contribution is -2.41. The molecule has 3 nitrogen and oxygen atoms in total. The highest BCUT2D eigenvalue weighted by Crippen LogP contribution is 2.34. The van der Waals surface area contributed by atoms with Gasteiger partial charge in [-0.15, -0.1) is 0 Å². The Morgan fingerprint density at radius 2 is 1.81 bits per heavy atom. The van der Waals surface area contributed by atoms with Crippen LogP contribution >= 0.6 is 27.7 Å². The predicted octanol–water partition coefficient (Wildman–Crippen LogP) is 3.95. The van der Waals surface area contributed by atoms with E-state index in [0.717, 1.165) is 27.4 Å². The second-order valence-corrected chi connectivity index (χ2v) is 6.77. The highest BCUT2D eigenvalue weighted by molar-refractivity contribution is 9.10. The Morgan fingerprint density at radius 1 is 1.10 bits per heavy atom. The molecule has 1 aliphatic heterocycles. The molecule has 0 atom stereocenters. The first-order valence-electron chi connectivity index (χ1n) is 6.71. The molecule has 5 heteroatoms. The van der Waals surface area contributed by atoms with Gasteiger partial charge in [-0.1, -0.05) is 28.1 Å². The van der Waals surface area contributed by atoms with E-state index < -0.39 is 0 Å². The number of hydrogen-bond acceptors (Lipinski definition) is 3. The van der Waals surface area contributed by atoms with Crippen molar-refractivity contribution in [1.82, 2.24) is 4.90 Å². The van der Waals surface area contributed by atoms with E-state index in [9.17, 15) is 9.59 Å². The maximum absolute atomic E-state index is 12.6. The number of carbonyl (C=O) groups excluding carboxylic acids is 2. The zero-order valence-corrected chi connectivity index (χ0v) is 14.0. The Hall–Kier alpha value is -1.33. The molecule has 1 aliphatic rings. The van der Waals surface area contributed by atoms with Gasteiger partial charge in [0.15, 0.2) is 0 Å². The summed E-state index contributed by atoms with van der Waals surface area (Å²) in [4.78, 5) is 26.6. The van der Waals surface area contributed by atoms with Gasteiger partial charge in [-0.25, -0.2) is 0 Å². The van der Waals surface area contributed by atoms with Crippen molar-refractivity contribution >= 4 is 50.3 Å². The molecule has 2 amide bonds. The van der Waals surface area contributed by atoms with Gasteiger partial charge >= 0.3 is 0 Å². The second kappa shape index (κ2) is 5.81. The average molecular weight is 364 g/mol. The third-order valence-corrected chi connectivity index (χ3v) is 5.06. The minimum atomic E-state index is -0.183. The molecule has 0 unspecified atom stereocenters. The normalized spacial score (nSPS) is 14.1. The van der Waals surface area contributed by atoms with E-state index in [-0.39, 0.29) is 11.8 Å². The largest absolute Gasteiger partial charge is 0.274 e. The fourth-order valence-electron chi connectivity index (χ4n) is 2.68. The Kier molecular flexibility index (Phi) is 4.04. The third kappa shape index (κ3) is 2.38. The summed E-state index contributed by atoms with van der Waals surface area (Å²) in [6.45, 7) is 0.477. The van der Waals surface area contributed by atoms with Gasteiger partial charge < -0.3 is 0 Å². The number of halogens is 1. The number of nitrogens with zero attached hydrogens (tertiary/aromatic N) is 1. The summed E-state index contributed by atoms with van der Waals surface area (Å²) in [5.74, 6) is 0.573. The average Bonchev–Trinajstić information content (AvgIpc) is 2.49. The van der Waals surface area contributed by atoms with Crippen LogP contribution in [0.3, 0.4) is 0 Å². The fourth-order valence-corrected chi connectivity index (χ4v) is 3.56. The molecule has 0 fully saturated rings. The fraction of sp³-hybridized carbons (Fsp3) is 0.250. The van der Waals surface area contributed by atoms with Crippen LogP contribution < -0.4 is 0 Å². The van der Waals surface area contributed by atoms with Crippen LogP contribution in [0.2, 0.25) is 0 Å². The van der Waals surface area contributed by atoms with Crippen LogP contribution in [0, 0.1) is 0 Å². The van der Waals surface area contributed by atoms with Gasteiger partial charge in [0, 0.05) is 27.5 Å². The molecule has 0 aliphatic carbocycles. The number of carbonyl (C=O) groups is 2. The summed E-state index contributed by atoms with van der Waals surface area (Å²) in [5.41, 5.74) is 1.24. The van der Waals surface area contributed by atoms with Crippen LogP contribution in [0.15, 0.2) is 34.8 Å². The number of hydrogen-bond donors (Lipinski definition) is 0. The molecular formula is C16H14BrNO2S. The van der Waals surface area contributed by atoms with E-state index in [1.165, 1.54) is 4.90 Å². The lowest BCUT2D eigenvalue weighted by atomic mass is 9.94. The van der Waals surface area contributed by atoms with Gasteiger partial charge in [0.25, 0.3) is 11.8 Å². The van der Waals surface area contributed by atoms with Crippen molar-refractivity contribution in [3.8, 4) is 0 Å². The molecule has 1 heterocycles. The van der Waals surface area contributed by atoms with Crippen molar-refractivity contribution < 1.29 is 9.59 Å². The van der Waals surface area contributed by atoms with Crippen LogP contribution in [0.25, 0.3) is 10.8 Å². The van der Waals surface area contributed by atoms with Crippen molar-refractivity contribution in [2.24, 2.45) is 0 Å². The van der Waals surface area contributed by atoms with E-state index in [1.807, 2.05) is 24.5 Å². The molecule has 0 bridgehead atoms. The van der Waals surface area contributed by atoms with Crippen LogP contribution in [-0.2, 0) is 0 Å². The predicted molar refractivity (Wildman–Crippen MR) is 90.0 cm³/mol. The Bertz CT molecular complexity index is 722. The third-order valence-electron chi connectivity index (χ3n) is 3.67. The van der Waals surface area contributed by atoms with Gasteiger partial charge in [0.05, 0.1) is 0 Å². The summed E-state index contributed by atoms with van der Waals surface area (Å²) in [6, 6.07) is 9.26. The molecular weight excluding hydrogens is 350 g/mol. The Morgan fingerprint density at radius 3 is 2.52 bits per heavy atom. The summed E-state index contributed by atoms with van der Waals surface area (Å²) in [6.07, 6.45) is 2.84. The van der Waals surface area contributed by atoms with Gasteiger partial charge in [-0.2, -0.15) is 11.8 Å². The van der Waals surface area contributed by atoms with E-state index >= 15 is 0 Å². The topological polar surface area (TPSA) is 37.4 Å².